The van der Waals surface area contributed by atoms with E-state index >= 15 is 0 Å². The van der Waals surface area contributed by atoms with Gasteiger partial charge in [-0.2, -0.15) is 11.8 Å². The molecule has 0 aromatic carbocycles. The van der Waals surface area contributed by atoms with Crippen molar-refractivity contribution in [2.75, 3.05) is 25.6 Å². The van der Waals surface area contributed by atoms with Gasteiger partial charge in [-0.1, -0.05) is 0 Å². The van der Waals surface area contributed by atoms with Crippen LogP contribution in [-0.2, 0) is 10.5 Å². The molecule has 15 heavy (non-hydrogen) atoms. The Morgan fingerprint density at radius 3 is 2.80 bits per heavy atom. The number of aliphatic hydroxyl groups excluding tert-OH is 1. The fourth-order valence-electron chi connectivity index (χ4n) is 1.52. The second-order valence-corrected chi connectivity index (χ2v) is 5.16. The molecule has 84 valence electrons. The number of aryl methyl sites for hydroxylation is 1. The molecule has 0 saturated carbocycles. The van der Waals surface area contributed by atoms with E-state index in [1.165, 1.54) is 5.56 Å². The first-order valence-corrected chi connectivity index (χ1v) is 6.21. The molecule has 1 aliphatic rings. The fraction of sp³-hybridized carbons (Fsp3) is 0.636. The van der Waals surface area contributed by atoms with Crippen molar-refractivity contribution < 1.29 is 14.3 Å². The molecule has 3 nitrogen and oxygen atoms in total. The van der Waals surface area contributed by atoms with Gasteiger partial charge in [-0.25, -0.2) is 0 Å². The number of rotatable bonds is 5. The molecule has 1 aliphatic heterocycles. The highest BCUT2D eigenvalue weighted by molar-refractivity contribution is 7.98. The third-order valence-corrected chi connectivity index (χ3v) is 4.04. The number of thioether (sulfide) groups is 1. The average Bonchev–Trinajstić information content (AvgIpc) is 2.57. The first kappa shape index (κ1) is 11.0. The monoisotopic (exact) mass is 228 g/mol. The van der Waals surface area contributed by atoms with E-state index in [9.17, 15) is 5.11 Å². The Balaban J connectivity index is 1.77. The van der Waals surface area contributed by atoms with Gasteiger partial charge in [-0.3, -0.25) is 0 Å². The SMILES string of the molecule is Cc1ccoc1CSCC1(CO)COC1. The standard InChI is InChI=1S/C11H16O3S/c1-9-2-3-14-10(9)4-15-8-11(5-12)6-13-7-11/h2-3,12H,4-8H2,1H3. The first-order chi connectivity index (χ1) is 7.26. The molecule has 1 aromatic heterocycles. The predicted octanol–water partition coefficient (Wildman–Crippen LogP) is 1.83. The average molecular weight is 228 g/mol. The quantitative estimate of drug-likeness (QED) is 0.835. The summed E-state index contributed by atoms with van der Waals surface area (Å²) in [7, 11) is 0. The van der Waals surface area contributed by atoms with Crippen LogP contribution in [0.25, 0.3) is 0 Å². The van der Waals surface area contributed by atoms with Crippen LogP contribution in [0.2, 0.25) is 0 Å². The molecule has 0 bridgehead atoms. The minimum Gasteiger partial charge on any atom is -0.468 e. The summed E-state index contributed by atoms with van der Waals surface area (Å²) in [5, 5.41) is 9.23. The van der Waals surface area contributed by atoms with Gasteiger partial charge < -0.3 is 14.3 Å². The van der Waals surface area contributed by atoms with Gasteiger partial charge in [0.1, 0.15) is 5.76 Å². The Bertz CT molecular complexity index is 312. The highest BCUT2D eigenvalue weighted by Gasteiger charge is 2.37. The molecule has 0 amide bonds. The molecular weight excluding hydrogens is 212 g/mol. The molecule has 1 fully saturated rings. The van der Waals surface area contributed by atoms with Crippen molar-refractivity contribution in [2.24, 2.45) is 5.41 Å². The van der Waals surface area contributed by atoms with Crippen molar-refractivity contribution in [3.63, 3.8) is 0 Å². The van der Waals surface area contributed by atoms with Crippen LogP contribution < -0.4 is 0 Å². The minimum atomic E-state index is 0.00512. The zero-order valence-electron chi connectivity index (χ0n) is 8.86. The number of ether oxygens (including phenoxy) is 1. The van der Waals surface area contributed by atoms with Crippen molar-refractivity contribution >= 4 is 11.8 Å². The van der Waals surface area contributed by atoms with Crippen LogP contribution in [0.1, 0.15) is 11.3 Å². The highest BCUT2D eigenvalue weighted by atomic mass is 32.2. The lowest BCUT2D eigenvalue weighted by Crippen LogP contribution is -2.47. The van der Waals surface area contributed by atoms with Gasteiger partial charge in [0.15, 0.2) is 0 Å². The Morgan fingerprint density at radius 2 is 2.33 bits per heavy atom. The Morgan fingerprint density at radius 1 is 1.53 bits per heavy atom. The van der Waals surface area contributed by atoms with Gasteiger partial charge in [-0.15, -0.1) is 0 Å². The molecule has 0 atom stereocenters. The van der Waals surface area contributed by atoms with E-state index in [-0.39, 0.29) is 12.0 Å². The lowest BCUT2D eigenvalue weighted by molar-refractivity contribution is -0.121. The lowest BCUT2D eigenvalue weighted by Gasteiger charge is -2.39. The molecule has 2 heterocycles. The van der Waals surface area contributed by atoms with Crippen molar-refractivity contribution in [1.82, 2.24) is 0 Å². The molecule has 1 aromatic rings. The molecule has 1 N–H and O–H groups in total. The summed E-state index contributed by atoms with van der Waals surface area (Å²) in [5.74, 6) is 2.85. The molecule has 2 rings (SSSR count). The van der Waals surface area contributed by atoms with Crippen LogP contribution in [0.3, 0.4) is 0 Å². The zero-order valence-corrected chi connectivity index (χ0v) is 9.68. The van der Waals surface area contributed by atoms with Crippen molar-refractivity contribution in [3.8, 4) is 0 Å². The second kappa shape index (κ2) is 4.60. The van der Waals surface area contributed by atoms with E-state index < -0.39 is 0 Å². The molecule has 1 saturated heterocycles. The Kier molecular flexibility index (Phi) is 3.38. The van der Waals surface area contributed by atoms with Crippen LogP contribution >= 0.6 is 11.8 Å². The summed E-state index contributed by atoms with van der Waals surface area (Å²) < 4.78 is 10.5. The van der Waals surface area contributed by atoms with Crippen molar-refractivity contribution in [2.45, 2.75) is 12.7 Å². The zero-order chi connectivity index (χ0) is 10.7. The smallest absolute Gasteiger partial charge is 0.116 e. The summed E-state index contributed by atoms with van der Waals surface area (Å²) >= 11 is 1.80. The molecule has 4 heteroatoms. The van der Waals surface area contributed by atoms with Crippen molar-refractivity contribution in [1.29, 1.82) is 0 Å². The Labute approximate surface area is 93.8 Å². The maximum Gasteiger partial charge on any atom is 0.116 e. The van der Waals surface area contributed by atoms with Crippen LogP contribution in [0, 0.1) is 12.3 Å². The van der Waals surface area contributed by atoms with E-state index in [0.717, 1.165) is 17.3 Å². The summed E-state index contributed by atoms with van der Waals surface area (Å²) in [6.07, 6.45) is 1.72. The van der Waals surface area contributed by atoms with Crippen LogP contribution in [0.4, 0.5) is 0 Å². The largest absolute Gasteiger partial charge is 0.468 e. The number of hydrogen-bond donors (Lipinski definition) is 1. The van der Waals surface area contributed by atoms with E-state index in [2.05, 4.69) is 0 Å². The fourth-order valence-corrected chi connectivity index (χ4v) is 2.80. The van der Waals surface area contributed by atoms with Crippen LogP contribution in [0.5, 0.6) is 0 Å². The minimum absolute atomic E-state index is 0.00512. The first-order valence-electron chi connectivity index (χ1n) is 5.05. The molecule has 0 aliphatic carbocycles. The molecule has 0 radical (unpaired) electrons. The van der Waals surface area contributed by atoms with Crippen LogP contribution in [-0.4, -0.2) is 30.7 Å². The highest BCUT2D eigenvalue weighted by Crippen LogP contribution is 2.32. The molecule has 0 unspecified atom stereocenters. The van der Waals surface area contributed by atoms with E-state index in [0.29, 0.717) is 13.2 Å². The lowest BCUT2D eigenvalue weighted by atomic mass is 9.90. The summed E-state index contributed by atoms with van der Waals surface area (Å²) in [6.45, 7) is 3.64. The van der Waals surface area contributed by atoms with Gasteiger partial charge in [0.2, 0.25) is 0 Å². The molecular formula is C11H16O3S. The summed E-state index contributed by atoms with van der Waals surface area (Å²) in [6, 6.07) is 1.98. The predicted molar refractivity (Wildman–Crippen MR) is 59.9 cm³/mol. The number of furan rings is 1. The number of hydrogen-bond acceptors (Lipinski definition) is 4. The van der Waals surface area contributed by atoms with E-state index in [1.807, 2.05) is 13.0 Å². The van der Waals surface area contributed by atoms with E-state index in [4.69, 9.17) is 9.15 Å². The van der Waals surface area contributed by atoms with Crippen LogP contribution in [0.15, 0.2) is 16.7 Å². The van der Waals surface area contributed by atoms with Gasteiger partial charge in [-0.05, 0) is 18.6 Å². The maximum absolute atomic E-state index is 9.23. The van der Waals surface area contributed by atoms with Gasteiger partial charge in [0, 0.05) is 11.2 Å². The third kappa shape index (κ3) is 2.38. The third-order valence-electron chi connectivity index (χ3n) is 2.76. The number of aliphatic hydroxyl groups is 1. The maximum atomic E-state index is 9.23. The van der Waals surface area contributed by atoms with E-state index in [1.54, 1.807) is 18.0 Å². The second-order valence-electron chi connectivity index (χ2n) is 4.17. The summed E-state index contributed by atoms with van der Waals surface area (Å²) in [4.78, 5) is 0. The Hall–Kier alpha value is -0.450. The summed E-state index contributed by atoms with van der Waals surface area (Å²) in [5.41, 5.74) is 1.20. The normalized spacial score (nSPS) is 18.8. The topological polar surface area (TPSA) is 42.6 Å². The molecule has 0 spiro atoms. The van der Waals surface area contributed by atoms with Crippen molar-refractivity contribution in [3.05, 3.63) is 23.7 Å². The van der Waals surface area contributed by atoms with Gasteiger partial charge in [0.25, 0.3) is 0 Å². The van der Waals surface area contributed by atoms with Gasteiger partial charge in [0.05, 0.1) is 31.8 Å². The van der Waals surface area contributed by atoms with Gasteiger partial charge >= 0.3 is 0 Å².